The summed E-state index contributed by atoms with van der Waals surface area (Å²) in [6.45, 7) is 0.916. The average Bonchev–Trinajstić information content (AvgIpc) is 3.43. The number of nitrogens with zero attached hydrogens (tertiary/aromatic N) is 2. The lowest BCUT2D eigenvalue weighted by molar-refractivity contribution is -0.148. The molecule has 2 aliphatic rings. The van der Waals surface area contributed by atoms with Gasteiger partial charge in [-0.05, 0) is 62.5 Å². The maximum Gasteiger partial charge on any atom is 0.326 e. The first-order valence-electron chi connectivity index (χ1n) is 10.7. The summed E-state index contributed by atoms with van der Waals surface area (Å²) >= 11 is 3.13. The molecule has 0 aliphatic carbocycles. The van der Waals surface area contributed by atoms with Crippen LogP contribution in [-0.2, 0) is 19.2 Å². The Morgan fingerprint density at radius 2 is 1.58 bits per heavy atom. The standard InChI is InChI=1S/C20H34N4O5S2/c1-30-11-7-13(21)18(26)24-10-4-6-16(24)19(27)23-9-3-5-15(23)17(25)22-14(20(28)29)8-12-31-2/h13-16H,3-12,21H2,1-2H3,(H,22,25)(H,28,29). The fraction of sp³-hybridized carbons (Fsp3) is 0.800. The van der Waals surface area contributed by atoms with Gasteiger partial charge >= 0.3 is 5.97 Å². The van der Waals surface area contributed by atoms with Gasteiger partial charge in [0, 0.05) is 13.1 Å². The summed E-state index contributed by atoms with van der Waals surface area (Å²) < 4.78 is 0. The number of carboxylic acid groups (broad SMARTS) is 1. The van der Waals surface area contributed by atoms with Crippen molar-refractivity contribution < 1.29 is 24.3 Å². The summed E-state index contributed by atoms with van der Waals surface area (Å²) in [6, 6.07) is -2.91. The van der Waals surface area contributed by atoms with Crippen LogP contribution >= 0.6 is 23.5 Å². The van der Waals surface area contributed by atoms with Crippen LogP contribution in [0.4, 0.5) is 0 Å². The Morgan fingerprint density at radius 3 is 2.19 bits per heavy atom. The molecule has 4 N–H and O–H groups in total. The molecule has 0 bridgehead atoms. The van der Waals surface area contributed by atoms with Crippen molar-refractivity contribution in [3.8, 4) is 0 Å². The molecule has 4 unspecified atom stereocenters. The number of nitrogens with one attached hydrogen (secondary N) is 1. The second-order valence-electron chi connectivity index (χ2n) is 7.95. The van der Waals surface area contributed by atoms with Gasteiger partial charge in [0.2, 0.25) is 17.7 Å². The molecule has 2 aliphatic heterocycles. The quantitative estimate of drug-likeness (QED) is 0.391. The Bertz CT molecular complexity index is 665. The summed E-state index contributed by atoms with van der Waals surface area (Å²) in [6.07, 6.45) is 7.13. The van der Waals surface area contributed by atoms with E-state index in [1.54, 1.807) is 16.7 Å². The van der Waals surface area contributed by atoms with E-state index in [-0.39, 0.29) is 11.8 Å². The van der Waals surface area contributed by atoms with Crippen molar-refractivity contribution in [1.29, 1.82) is 0 Å². The molecule has 11 heteroatoms. The van der Waals surface area contributed by atoms with Gasteiger partial charge in [0.15, 0.2) is 0 Å². The number of carbonyl (C=O) groups excluding carboxylic acids is 3. The zero-order valence-corrected chi connectivity index (χ0v) is 19.9. The van der Waals surface area contributed by atoms with Gasteiger partial charge in [0.25, 0.3) is 0 Å². The highest BCUT2D eigenvalue weighted by Gasteiger charge is 2.43. The van der Waals surface area contributed by atoms with E-state index in [4.69, 9.17) is 5.73 Å². The highest BCUT2D eigenvalue weighted by atomic mass is 32.2. The van der Waals surface area contributed by atoms with Crippen molar-refractivity contribution >= 4 is 47.2 Å². The van der Waals surface area contributed by atoms with Crippen molar-refractivity contribution in [3.05, 3.63) is 0 Å². The molecule has 0 spiro atoms. The van der Waals surface area contributed by atoms with Crippen LogP contribution in [0.15, 0.2) is 0 Å². The second-order valence-corrected chi connectivity index (χ2v) is 9.92. The number of carboxylic acids is 1. The van der Waals surface area contributed by atoms with E-state index in [0.717, 1.165) is 12.2 Å². The number of likely N-dealkylation sites (tertiary alicyclic amines) is 2. The zero-order valence-electron chi connectivity index (χ0n) is 18.2. The smallest absolute Gasteiger partial charge is 0.326 e. The van der Waals surface area contributed by atoms with Crippen LogP contribution in [0.5, 0.6) is 0 Å². The molecule has 2 heterocycles. The maximum absolute atomic E-state index is 13.3. The Balaban J connectivity index is 2.04. The van der Waals surface area contributed by atoms with Gasteiger partial charge in [-0.2, -0.15) is 23.5 Å². The zero-order chi connectivity index (χ0) is 23.0. The first-order valence-corrected chi connectivity index (χ1v) is 13.5. The lowest BCUT2D eigenvalue weighted by Crippen LogP contribution is -2.56. The fourth-order valence-corrected chi connectivity index (χ4v) is 5.09. The van der Waals surface area contributed by atoms with Gasteiger partial charge in [0.1, 0.15) is 18.1 Å². The summed E-state index contributed by atoms with van der Waals surface area (Å²) in [5, 5.41) is 12.0. The monoisotopic (exact) mass is 474 g/mol. The molecule has 2 fully saturated rings. The van der Waals surface area contributed by atoms with Crippen LogP contribution in [0.2, 0.25) is 0 Å². The third-order valence-corrected chi connectivity index (χ3v) is 7.12. The van der Waals surface area contributed by atoms with Gasteiger partial charge in [-0.3, -0.25) is 14.4 Å². The molecule has 3 amide bonds. The first kappa shape index (κ1) is 25.8. The fourth-order valence-electron chi connectivity index (χ4n) is 4.12. The van der Waals surface area contributed by atoms with Crippen LogP contribution < -0.4 is 11.1 Å². The summed E-state index contributed by atoms with van der Waals surface area (Å²) in [4.78, 5) is 53.5. The van der Waals surface area contributed by atoms with Crippen LogP contribution in [0.25, 0.3) is 0 Å². The number of rotatable bonds is 11. The predicted molar refractivity (Wildman–Crippen MR) is 123 cm³/mol. The topological polar surface area (TPSA) is 133 Å². The Labute approximate surface area is 192 Å². The highest BCUT2D eigenvalue weighted by molar-refractivity contribution is 7.98. The normalized spacial score (nSPS) is 22.9. The molecule has 0 aromatic heterocycles. The number of carbonyl (C=O) groups is 4. The number of thioether (sulfide) groups is 2. The van der Waals surface area contributed by atoms with E-state index in [9.17, 15) is 24.3 Å². The summed E-state index contributed by atoms with van der Waals surface area (Å²) in [7, 11) is 0. The lowest BCUT2D eigenvalue weighted by atomic mass is 10.1. The molecule has 0 aromatic carbocycles. The van der Waals surface area contributed by atoms with E-state index in [1.165, 1.54) is 16.7 Å². The Hall–Kier alpha value is -1.46. The third kappa shape index (κ3) is 6.76. The van der Waals surface area contributed by atoms with Gasteiger partial charge < -0.3 is 26.0 Å². The van der Waals surface area contributed by atoms with E-state index >= 15 is 0 Å². The van der Waals surface area contributed by atoms with Crippen molar-refractivity contribution in [1.82, 2.24) is 15.1 Å². The summed E-state index contributed by atoms with van der Waals surface area (Å²) in [5.74, 6) is -0.586. The SMILES string of the molecule is CSCCC(N)C(=O)N1CCCC1C(=O)N1CCCC1C(=O)NC(CCSC)C(=O)O. The highest BCUT2D eigenvalue weighted by Crippen LogP contribution is 2.26. The molecule has 0 radical (unpaired) electrons. The third-order valence-electron chi connectivity index (χ3n) is 5.83. The minimum absolute atomic E-state index is 0.215. The average molecular weight is 475 g/mol. The minimum Gasteiger partial charge on any atom is -0.480 e. The largest absolute Gasteiger partial charge is 0.480 e. The van der Waals surface area contributed by atoms with Crippen molar-refractivity contribution in [2.75, 3.05) is 37.1 Å². The van der Waals surface area contributed by atoms with E-state index in [1.807, 2.05) is 12.5 Å². The first-order chi connectivity index (χ1) is 14.8. The van der Waals surface area contributed by atoms with Crippen LogP contribution in [0, 0.1) is 0 Å². The van der Waals surface area contributed by atoms with Crippen molar-refractivity contribution in [2.45, 2.75) is 62.7 Å². The number of aliphatic carboxylic acids is 1. The van der Waals surface area contributed by atoms with Crippen molar-refractivity contribution in [3.63, 3.8) is 0 Å². The minimum atomic E-state index is -1.08. The molecule has 4 atom stereocenters. The number of nitrogens with two attached hydrogens (primary N) is 1. The molecule has 9 nitrogen and oxygen atoms in total. The molecular weight excluding hydrogens is 440 g/mol. The summed E-state index contributed by atoms with van der Waals surface area (Å²) in [5.41, 5.74) is 6.05. The number of hydrogen-bond donors (Lipinski definition) is 3. The van der Waals surface area contributed by atoms with Crippen molar-refractivity contribution in [2.24, 2.45) is 5.73 Å². The van der Waals surface area contributed by atoms with Gasteiger partial charge in [-0.25, -0.2) is 4.79 Å². The Kier molecular flexibility index (Phi) is 10.4. The molecule has 2 saturated heterocycles. The molecule has 2 rings (SSSR count). The predicted octanol–water partition coefficient (Wildman–Crippen LogP) is 0.371. The molecule has 31 heavy (non-hydrogen) atoms. The molecule has 0 saturated carbocycles. The van der Waals surface area contributed by atoms with Gasteiger partial charge in [-0.1, -0.05) is 0 Å². The van der Waals surface area contributed by atoms with E-state index in [0.29, 0.717) is 50.9 Å². The van der Waals surface area contributed by atoms with Crippen LogP contribution in [-0.4, -0.2) is 99.9 Å². The molecule has 176 valence electrons. The van der Waals surface area contributed by atoms with Gasteiger partial charge in [-0.15, -0.1) is 0 Å². The van der Waals surface area contributed by atoms with Crippen LogP contribution in [0.1, 0.15) is 38.5 Å². The number of amides is 3. The van der Waals surface area contributed by atoms with E-state index < -0.39 is 36.0 Å². The van der Waals surface area contributed by atoms with E-state index in [2.05, 4.69) is 5.32 Å². The lowest BCUT2D eigenvalue weighted by Gasteiger charge is -2.32. The van der Waals surface area contributed by atoms with Gasteiger partial charge in [0.05, 0.1) is 6.04 Å². The molecular formula is C20H34N4O5S2. The Morgan fingerprint density at radius 1 is 1.00 bits per heavy atom. The van der Waals surface area contributed by atoms with Crippen LogP contribution in [0.3, 0.4) is 0 Å². The number of hydrogen-bond acceptors (Lipinski definition) is 7. The molecule has 0 aromatic rings. The second kappa shape index (κ2) is 12.5. The maximum atomic E-state index is 13.3.